The molecule has 0 bridgehead atoms. The Balaban J connectivity index is 1.68. The summed E-state index contributed by atoms with van der Waals surface area (Å²) in [6, 6.07) is 7.86. The SMILES string of the molecule is O=C(NCCc1ccccc1Br)NC1CCCO1. The van der Waals surface area contributed by atoms with Crippen LogP contribution in [-0.2, 0) is 11.2 Å². The Bertz CT molecular complexity index is 406. The number of urea groups is 1. The first-order chi connectivity index (χ1) is 8.75. The smallest absolute Gasteiger partial charge is 0.316 e. The fourth-order valence-corrected chi connectivity index (χ4v) is 2.38. The third-order valence-corrected chi connectivity index (χ3v) is 3.63. The van der Waals surface area contributed by atoms with E-state index < -0.39 is 0 Å². The molecule has 0 aromatic heterocycles. The minimum atomic E-state index is -0.158. The molecule has 1 fully saturated rings. The Morgan fingerprint density at radius 3 is 3.00 bits per heavy atom. The molecule has 98 valence electrons. The number of hydrogen-bond donors (Lipinski definition) is 2. The normalized spacial score (nSPS) is 18.6. The first-order valence-corrected chi connectivity index (χ1v) is 6.94. The summed E-state index contributed by atoms with van der Waals surface area (Å²) in [6.07, 6.45) is 2.60. The van der Waals surface area contributed by atoms with E-state index in [4.69, 9.17) is 4.74 Å². The van der Waals surface area contributed by atoms with Crippen molar-refractivity contribution in [2.75, 3.05) is 13.2 Å². The molecule has 5 heteroatoms. The van der Waals surface area contributed by atoms with Crippen LogP contribution in [0.5, 0.6) is 0 Å². The van der Waals surface area contributed by atoms with Crippen molar-refractivity contribution in [2.45, 2.75) is 25.5 Å². The topological polar surface area (TPSA) is 50.4 Å². The highest BCUT2D eigenvalue weighted by Crippen LogP contribution is 2.15. The van der Waals surface area contributed by atoms with Gasteiger partial charge in [0.25, 0.3) is 0 Å². The molecule has 1 aliphatic heterocycles. The largest absolute Gasteiger partial charge is 0.358 e. The molecule has 1 saturated heterocycles. The fourth-order valence-electron chi connectivity index (χ4n) is 1.90. The average molecular weight is 313 g/mol. The highest BCUT2D eigenvalue weighted by molar-refractivity contribution is 9.10. The van der Waals surface area contributed by atoms with Crippen LogP contribution in [0.25, 0.3) is 0 Å². The van der Waals surface area contributed by atoms with Crippen molar-refractivity contribution in [2.24, 2.45) is 0 Å². The lowest BCUT2D eigenvalue weighted by atomic mass is 10.1. The highest BCUT2D eigenvalue weighted by atomic mass is 79.9. The summed E-state index contributed by atoms with van der Waals surface area (Å²) in [5.74, 6) is 0. The van der Waals surface area contributed by atoms with E-state index in [9.17, 15) is 4.79 Å². The molecule has 1 unspecified atom stereocenters. The average Bonchev–Trinajstić information content (AvgIpc) is 2.84. The molecular weight excluding hydrogens is 296 g/mol. The van der Waals surface area contributed by atoms with Crippen LogP contribution in [0.2, 0.25) is 0 Å². The van der Waals surface area contributed by atoms with Crippen LogP contribution in [0.15, 0.2) is 28.7 Å². The monoisotopic (exact) mass is 312 g/mol. The van der Waals surface area contributed by atoms with Crippen LogP contribution in [0, 0.1) is 0 Å². The number of hydrogen-bond acceptors (Lipinski definition) is 2. The van der Waals surface area contributed by atoms with E-state index in [2.05, 4.69) is 26.6 Å². The minimum absolute atomic E-state index is 0.117. The van der Waals surface area contributed by atoms with Gasteiger partial charge in [-0.2, -0.15) is 0 Å². The lowest BCUT2D eigenvalue weighted by Gasteiger charge is -2.13. The van der Waals surface area contributed by atoms with E-state index in [-0.39, 0.29) is 12.3 Å². The van der Waals surface area contributed by atoms with Crippen LogP contribution < -0.4 is 10.6 Å². The Labute approximate surface area is 115 Å². The molecular formula is C13H17BrN2O2. The second kappa shape index (κ2) is 6.75. The van der Waals surface area contributed by atoms with E-state index in [0.29, 0.717) is 6.54 Å². The van der Waals surface area contributed by atoms with Gasteiger partial charge in [0.15, 0.2) is 0 Å². The first kappa shape index (κ1) is 13.4. The zero-order chi connectivity index (χ0) is 12.8. The second-order valence-electron chi connectivity index (χ2n) is 4.24. The van der Waals surface area contributed by atoms with E-state index in [1.165, 1.54) is 5.56 Å². The van der Waals surface area contributed by atoms with E-state index >= 15 is 0 Å². The third-order valence-electron chi connectivity index (χ3n) is 2.86. The highest BCUT2D eigenvalue weighted by Gasteiger charge is 2.16. The predicted molar refractivity (Wildman–Crippen MR) is 73.4 cm³/mol. The number of rotatable bonds is 4. The molecule has 1 atom stereocenters. The van der Waals surface area contributed by atoms with Gasteiger partial charge in [-0.3, -0.25) is 0 Å². The van der Waals surface area contributed by atoms with Gasteiger partial charge in [-0.15, -0.1) is 0 Å². The maximum absolute atomic E-state index is 11.6. The molecule has 0 saturated carbocycles. The fraction of sp³-hybridized carbons (Fsp3) is 0.462. The summed E-state index contributed by atoms with van der Waals surface area (Å²) < 4.78 is 6.40. The van der Waals surface area contributed by atoms with Gasteiger partial charge >= 0.3 is 6.03 Å². The molecule has 18 heavy (non-hydrogen) atoms. The number of amides is 2. The molecule has 0 aliphatic carbocycles. The van der Waals surface area contributed by atoms with Crippen LogP contribution in [-0.4, -0.2) is 25.4 Å². The molecule has 2 rings (SSSR count). The Kier molecular flexibility index (Phi) is 5.01. The molecule has 2 N–H and O–H groups in total. The number of benzene rings is 1. The Morgan fingerprint density at radius 2 is 2.28 bits per heavy atom. The molecule has 1 aromatic carbocycles. The maximum atomic E-state index is 11.6. The maximum Gasteiger partial charge on any atom is 0.316 e. The summed E-state index contributed by atoms with van der Waals surface area (Å²) in [6.45, 7) is 1.35. The number of carbonyl (C=O) groups is 1. The summed E-state index contributed by atoms with van der Waals surface area (Å²) in [5.41, 5.74) is 1.19. The summed E-state index contributed by atoms with van der Waals surface area (Å²) >= 11 is 3.49. The van der Waals surface area contributed by atoms with E-state index in [0.717, 1.165) is 30.3 Å². The quantitative estimate of drug-likeness (QED) is 0.897. The van der Waals surface area contributed by atoms with Gasteiger partial charge in [0.05, 0.1) is 0 Å². The number of nitrogens with one attached hydrogen (secondary N) is 2. The molecule has 0 spiro atoms. The molecule has 0 radical (unpaired) electrons. The van der Waals surface area contributed by atoms with Gasteiger partial charge in [0.2, 0.25) is 0 Å². The van der Waals surface area contributed by atoms with Gasteiger partial charge in [0, 0.05) is 17.6 Å². The minimum Gasteiger partial charge on any atom is -0.358 e. The predicted octanol–water partition coefficient (Wildman–Crippen LogP) is 2.43. The van der Waals surface area contributed by atoms with Crippen molar-refractivity contribution in [3.63, 3.8) is 0 Å². The molecule has 1 aromatic rings. The standard InChI is InChI=1S/C13H17BrN2O2/c14-11-5-2-1-4-10(11)7-8-15-13(17)16-12-6-3-9-18-12/h1-2,4-5,12H,3,6-9H2,(H2,15,16,17). The van der Waals surface area contributed by atoms with Crippen LogP contribution >= 0.6 is 15.9 Å². The summed E-state index contributed by atoms with van der Waals surface area (Å²) in [4.78, 5) is 11.6. The summed E-state index contributed by atoms with van der Waals surface area (Å²) in [5, 5.41) is 5.63. The lowest BCUT2D eigenvalue weighted by molar-refractivity contribution is 0.0908. The van der Waals surface area contributed by atoms with Gasteiger partial charge in [-0.25, -0.2) is 4.79 Å². The third kappa shape index (κ3) is 3.99. The van der Waals surface area contributed by atoms with Crippen molar-refractivity contribution in [1.29, 1.82) is 0 Å². The summed E-state index contributed by atoms with van der Waals surface area (Å²) in [7, 11) is 0. The number of carbonyl (C=O) groups excluding carboxylic acids is 1. The van der Waals surface area contributed by atoms with Crippen molar-refractivity contribution in [3.05, 3.63) is 34.3 Å². The zero-order valence-electron chi connectivity index (χ0n) is 10.1. The lowest BCUT2D eigenvalue weighted by Crippen LogP contribution is -2.42. The van der Waals surface area contributed by atoms with Crippen molar-refractivity contribution < 1.29 is 9.53 Å². The molecule has 2 amide bonds. The van der Waals surface area contributed by atoms with Crippen LogP contribution in [0.1, 0.15) is 18.4 Å². The van der Waals surface area contributed by atoms with Crippen molar-refractivity contribution >= 4 is 22.0 Å². The van der Waals surface area contributed by atoms with Crippen LogP contribution in [0.4, 0.5) is 4.79 Å². The first-order valence-electron chi connectivity index (χ1n) is 6.15. The van der Waals surface area contributed by atoms with E-state index in [1.54, 1.807) is 0 Å². The van der Waals surface area contributed by atoms with Crippen LogP contribution in [0.3, 0.4) is 0 Å². The van der Waals surface area contributed by atoms with Gasteiger partial charge < -0.3 is 15.4 Å². The van der Waals surface area contributed by atoms with Crippen molar-refractivity contribution in [3.8, 4) is 0 Å². The zero-order valence-corrected chi connectivity index (χ0v) is 11.7. The number of halogens is 1. The van der Waals surface area contributed by atoms with Gasteiger partial charge in [-0.1, -0.05) is 34.1 Å². The Hall–Kier alpha value is -1.07. The molecule has 4 nitrogen and oxygen atoms in total. The second-order valence-corrected chi connectivity index (χ2v) is 5.10. The molecule has 1 heterocycles. The number of ether oxygens (including phenoxy) is 1. The van der Waals surface area contributed by atoms with Gasteiger partial charge in [0.1, 0.15) is 6.23 Å². The van der Waals surface area contributed by atoms with Gasteiger partial charge in [-0.05, 0) is 30.9 Å². The Morgan fingerprint density at radius 1 is 1.44 bits per heavy atom. The van der Waals surface area contributed by atoms with Crippen molar-refractivity contribution in [1.82, 2.24) is 10.6 Å². The molecule has 1 aliphatic rings. The van der Waals surface area contributed by atoms with E-state index in [1.807, 2.05) is 24.3 Å².